The maximum absolute atomic E-state index is 14.7. The maximum atomic E-state index is 14.7. The van der Waals surface area contributed by atoms with E-state index in [1.807, 2.05) is 18.7 Å². The highest BCUT2D eigenvalue weighted by molar-refractivity contribution is 5.95. The number of piperazine rings is 1. The first-order valence-electron chi connectivity index (χ1n) is 12.1. The predicted molar refractivity (Wildman–Crippen MR) is 124 cm³/mol. The van der Waals surface area contributed by atoms with Crippen molar-refractivity contribution in [3.8, 4) is 0 Å². The van der Waals surface area contributed by atoms with Gasteiger partial charge in [0.1, 0.15) is 5.82 Å². The number of nitrogens with zero attached hydrogens (tertiary/aromatic N) is 3. The molecule has 2 atom stereocenters. The van der Waals surface area contributed by atoms with Gasteiger partial charge in [-0.05, 0) is 39.7 Å². The number of halogens is 1. The van der Waals surface area contributed by atoms with Crippen molar-refractivity contribution in [3.63, 3.8) is 0 Å². The molecule has 1 aromatic carbocycles. The van der Waals surface area contributed by atoms with E-state index >= 15 is 0 Å². The summed E-state index contributed by atoms with van der Waals surface area (Å²) in [6.07, 6.45) is 1.94. The minimum absolute atomic E-state index is 0.0309. The number of benzene rings is 1. The number of nitrogens with one attached hydrogen (secondary N) is 1. The van der Waals surface area contributed by atoms with Gasteiger partial charge in [0, 0.05) is 55.9 Å². The summed E-state index contributed by atoms with van der Waals surface area (Å²) in [7, 11) is 0. The fourth-order valence-corrected chi connectivity index (χ4v) is 4.88. The summed E-state index contributed by atoms with van der Waals surface area (Å²) in [5, 5.41) is 2.80. The normalized spacial score (nSPS) is 23.7. The number of ether oxygens (including phenoxy) is 1. The second kappa shape index (κ2) is 10.1. The number of carbonyl (C=O) groups excluding carboxylic acids is 3. The van der Waals surface area contributed by atoms with Crippen LogP contribution in [0.25, 0.3) is 0 Å². The molecule has 3 aliphatic rings. The summed E-state index contributed by atoms with van der Waals surface area (Å²) in [6, 6.07) is 4.84. The van der Waals surface area contributed by atoms with Crippen molar-refractivity contribution < 1.29 is 23.5 Å². The maximum Gasteiger partial charge on any atom is 0.338 e. The van der Waals surface area contributed by atoms with Crippen molar-refractivity contribution in [1.29, 1.82) is 0 Å². The summed E-state index contributed by atoms with van der Waals surface area (Å²) >= 11 is 0. The Morgan fingerprint density at radius 2 is 1.91 bits per heavy atom. The summed E-state index contributed by atoms with van der Waals surface area (Å²) in [5.74, 6) is -0.670. The molecule has 2 fully saturated rings. The molecule has 4 rings (SSSR count). The van der Waals surface area contributed by atoms with Gasteiger partial charge < -0.3 is 15.0 Å². The zero-order valence-electron chi connectivity index (χ0n) is 20.1. The minimum Gasteiger partial charge on any atom is -0.463 e. The number of amides is 3. The molecular weight excluding hydrogens is 439 g/mol. The third kappa shape index (κ3) is 4.80. The Hall–Kier alpha value is -2.94. The molecule has 9 heteroatoms. The summed E-state index contributed by atoms with van der Waals surface area (Å²) in [4.78, 5) is 44.4. The van der Waals surface area contributed by atoms with Gasteiger partial charge in [0.15, 0.2) is 0 Å². The highest BCUT2D eigenvalue weighted by atomic mass is 19.1. The Balaban J connectivity index is 1.67. The van der Waals surface area contributed by atoms with Crippen LogP contribution < -0.4 is 5.32 Å². The van der Waals surface area contributed by atoms with Gasteiger partial charge in [-0.15, -0.1) is 0 Å². The van der Waals surface area contributed by atoms with Gasteiger partial charge in [-0.3, -0.25) is 14.6 Å². The average Bonchev–Trinajstić information content (AvgIpc) is 3.65. The topological polar surface area (TPSA) is 82.2 Å². The number of hydrogen-bond donors (Lipinski definition) is 1. The molecule has 0 radical (unpaired) electrons. The van der Waals surface area contributed by atoms with Crippen molar-refractivity contribution >= 4 is 17.9 Å². The van der Waals surface area contributed by atoms with Crippen LogP contribution in [0.2, 0.25) is 0 Å². The van der Waals surface area contributed by atoms with E-state index in [2.05, 4.69) is 10.2 Å². The molecule has 3 amide bonds. The smallest absolute Gasteiger partial charge is 0.338 e. The molecule has 1 saturated carbocycles. The van der Waals surface area contributed by atoms with Crippen LogP contribution in [0, 0.1) is 11.7 Å². The Morgan fingerprint density at radius 1 is 1.18 bits per heavy atom. The van der Waals surface area contributed by atoms with Crippen LogP contribution in [-0.2, 0) is 14.3 Å². The number of urea groups is 1. The lowest BCUT2D eigenvalue weighted by Gasteiger charge is -2.43. The Kier molecular flexibility index (Phi) is 7.21. The zero-order chi connectivity index (χ0) is 24.4. The summed E-state index contributed by atoms with van der Waals surface area (Å²) in [6.45, 7) is 8.29. The van der Waals surface area contributed by atoms with Crippen LogP contribution in [0.4, 0.5) is 9.18 Å². The highest BCUT2D eigenvalue weighted by Crippen LogP contribution is 2.34. The number of carbonyl (C=O) groups is 3. The van der Waals surface area contributed by atoms with Crippen molar-refractivity contribution in [2.45, 2.75) is 45.7 Å². The van der Waals surface area contributed by atoms with Crippen LogP contribution in [0.3, 0.4) is 0 Å². The van der Waals surface area contributed by atoms with E-state index in [1.54, 1.807) is 25.1 Å². The Morgan fingerprint density at radius 3 is 2.53 bits per heavy atom. The standard InChI is InChI=1S/C25H33FN4O4/c1-4-29-20(15-28-12-13-30(16(3)14-28)23(31)17-10-11-17)21(24(32)34-5-2)22(27-25(29)33)18-8-6-7-9-19(18)26/h6-9,16-17,22H,4-5,10-15H2,1-3H3,(H,27,33)/t16-,22-/m1/s1. The van der Waals surface area contributed by atoms with E-state index in [4.69, 9.17) is 4.74 Å². The lowest BCUT2D eigenvalue weighted by atomic mass is 9.93. The first-order chi connectivity index (χ1) is 16.3. The van der Waals surface area contributed by atoms with Gasteiger partial charge in [0.2, 0.25) is 5.91 Å². The first kappa shape index (κ1) is 24.2. The second-order valence-corrected chi connectivity index (χ2v) is 9.12. The van der Waals surface area contributed by atoms with Crippen LogP contribution in [0.5, 0.6) is 0 Å². The molecular formula is C25H33FN4O4. The number of likely N-dealkylation sites (N-methyl/N-ethyl adjacent to an activating group) is 1. The Labute approximate surface area is 199 Å². The zero-order valence-corrected chi connectivity index (χ0v) is 20.1. The lowest BCUT2D eigenvalue weighted by molar-refractivity contribution is -0.139. The molecule has 1 aromatic rings. The summed E-state index contributed by atoms with van der Waals surface area (Å²) < 4.78 is 20.1. The van der Waals surface area contributed by atoms with E-state index in [0.717, 1.165) is 12.8 Å². The van der Waals surface area contributed by atoms with E-state index < -0.39 is 17.8 Å². The second-order valence-electron chi connectivity index (χ2n) is 9.12. The molecule has 0 unspecified atom stereocenters. The number of esters is 1. The van der Waals surface area contributed by atoms with Crippen molar-refractivity contribution in [1.82, 2.24) is 20.0 Å². The molecule has 8 nitrogen and oxygen atoms in total. The fourth-order valence-electron chi connectivity index (χ4n) is 4.88. The van der Waals surface area contributed by atoms with Gasteiger partial charge in [0.25, 0.3) is 0 Å². The van der Waals surface area contributed by atoms with Crippen molar-refractivity contribution in [2.75, 3.05) is 39.3 Å². The van der Waals surface area contributed by atoms with Crippen LogP contribution >= 0.6 is 0 Å². The van der Waals surface area contributed by atoms with E-state index in [-0.39, 0.29) is 41.6 Å². The molecule has 0 spiro atoms. The summed E-state index contributed by atoms with van der Waals surface area (Å²) in [5.41, 5.74) is 0.991. The quantitative estimate of drug-likeness (QED) is 0.617. The van der Waals surface area contributed by atoms with Gasteiger partial charge >= 0.3 is 12.0 Å². The van der Waals surface area contributed by atoms with Crippen LogP contribution in [-0.4, -0.2) is 78.0 Å². The fraction of sp³-hybridized carbons (Fsp3) is 0.560. The molecule has 1 saturated heterocycles. The molecule has 0 aromatic heterocycles. The van der Waals surface area contributed by atoms with Crippen LogP contribution in [0.1, 0.15) is 45.2 Å². The average molecular weight is 473 g/mol. The minimum atomic E-state index is -0.944. The van der Waals surface area contributed by atoms with Crippen molar-refractivity contribution in [2.24, 2.45) is 5.92 Å². The molecule has 34 heavy (non-hydrogen) atoms. The molecule has 1 N–H and O–H groups in total. The third-order valence-corrected chi connectivity index (χ3v) is 6.76. The van der Waals surface area contributed by atoms with Gasteiger partial charge in [-0.25, -0.2) is 14.0 Å². The molecule has 0 bridgehead atoms. The van der Waals surface area contributed by atoms with E-state index in [9.17, 15) is 18.8 Å². The predicted octanol–water partition coefficient (Wildman–Crippen LogP) is 2.67. The highest BCUT2D eigenvalue weighted by Gasteiger charge is 2.41. The number of hydrogen-bond acceptors (Lipinski definition) is 5. The molecule has 2 aliphatic heterocycles. The lowest BCUT2D eigenvalue weighted by Crippen LogP contribution is -2.56. The van der Waals surface area contributed by atoms with E-state index in [1.165, 1.54) is 11.0 Å². The van der Waals surface area contributed by atoms with Gasteiger partial charge in [-0.2, -0.15) is 0 Å². The largest absolute Gasteiger partial charge is 0.463 e. The SMILES string of the molecule is CCOC(=O)C1=C(CN2CCN(C(=O)C3CC3)[C@H](C)C2)N(CC)C(=O)N[C@@H]1c1ccccc1F. The molecule has 2 heterocycles. The first-order valence-corrected chi connectivity index (χ1v) is 12.1. The van der Waals surface area contributed by atoms with Crippen molar-refractivity contribution in [3.05, 3.63) is 46.9 Å². The molecule has 1 aliphatic carbocycles. The van der Waals surface area contributed by atoms with E-state index in [0.29, 0.717) is 38.4 Å². The third-order valence-electron chi connectivity index (χ3n) is 6.76. The Bertz CT molecular complexity index is 993. The monoisotopic (exact) mass is 472 g/mol. The number of rotatable bonds is 7. The van der Waals surface area contributed by atoms with Gasteiger partial charge in [-0.1, -0.05) is 18.2 Å². The van der Waals surface area contributed by atoms with Gasteiger partial charge in [0.05, 0.1) is 18.2 Å². The molecule has 184 valence electrons. The van der Waals surface area contributed by atoms with Crippen LogP contribution in [0.15, 0.2) is 35.5 Å².